The van der Waals surface area contributed by atoms with Crippen LogP contribution in [-0.4, -0.2) is 40.2 Å². The van der Waals surface area contributed by atoms with Crippen LogP contribution in [0.2, 0.25) is 5.15 Å². The molecule has 0 aromatic carbocycles. The zero-order valence-corrected chi connectivity index (χ0v) is 15.7. The third-order valence-corrected chi connectivity index (χ3v) is 6.67. The molecule has 1 aliphatic carbocycles. The van der Waals surface area contributed by atoms with Crippen molar-refractivity contribution in [3.05, 3.63) is 11.5 Å². The minimum Gasteiger partial charge on any atom is -0.368 e. The molecule has 0 amide bonds. The van der Waals surface area contributed by atoms with Crippen LogP contribution in [0.4, 0.5) is 5.95 Å². The van der Waals surface area contributed by atoms with E-state index in [1.54, 1.807) is 6.92 Å². The van der Waals surface area contributed by atoms with Crippen LogP contribution in [-0.2, 0) is 15.8 Å². The second-order valence-corrected chi connectivity index (χ2v) is 8.66. The molecule has 2 aromatic heterocycles. The van der Waals surface area contributed by atoms with E-state index in [0.717, 1.165) is 12.8 Å². The molecule has 11 heteroatoms. The second-order valence-electron chi connectivity index (χ2n) is 6.40. The minimum absolute atomic E-state index is 0.0364. The smallest absolute Gasteiger partial charge is 0.358 e. The van der Waals surface area contributed by atoms with Gasteiger partial charge >= 0.3 is 7.60 Å². The molecule has 1 saturated carbocycles. The molecule has 1 atom stereocenters. The highest BCUT2D eigenvalue weighted by atomic mass is 35.5. The SMILES string of the molecule is CCC1(OC(CC)(Cn2cnc3c(Cl)nc(N)nc32)P(=O)(O)O)CC1. The molecule has 0 radical (unpaired) electrons. The number of hydrogen-bond acceptors (Lipinski definition) is 6. The van der Waals surface area contributed by atoms with Crippen molar-refractivity contribution in [2.45, 2.75) is 57.0 Å². The van der Waals surface area contributed by atoms with Crippen molar-refractivity contribution >= 4 is 36.3 Å². The molecular weight excluding hydrogens is 369 g/mol. The van der Waals surface area contributed by atoms with Gasteiger partial charge in [-0.05, 0) is 25.7 Å². The molecule has 138 valence electrons. The van der Waals surface area contributed by atoms with Gasteiger partial charge in [0.15, 0.2) is 16.1 Å². The van der Waals surface area contributed by atoms with Gasteiger partial charge < -0.3 is 24.8 Å². The fraction of sp³-hybridized carbons (Fsp3) is 0.643. The van der Waals surface area contributed by atoms with Crippen molar-refractivity contribution in [1.29, 1.82) is 0 Å². The van der Waals surface area contributed by atoms with E-state index >= 15 is 0 Å². The standard InChI is InChI=1S/C14H21ClN5O4P/c1-3-13(5-6-13)24-14(4-2,25(21,22)23)7-20-8-17-9-10(15)18-12(16)19-11(9)20/h8H,3-7H2,1-2H3,(H2,16,18,19)(H2,21,22,23). The first-order valence-corrected chi connectivity index (χ1v) is 10.0. The molecule has 2 aromatic rings. The van der Waals surface area contributed by atoms with Crippen LogP contribution in [0.1, 0.15) is 39.5 Å². The molecule has 0 spiro atoms. The predicted octanol–water partition coefficient (Wildman–Crippen LogP) is 2.31. The summed E-state index contributed by atoms with van der Waals surface area (Å²) in [4.78, 5) is 32.2. The van der Waals surface area contributed by atoms with Crippen molar-refractivity contribution in [2.75, 3.05) is 5.73 Å². The quantitative estimate of drug-likeness (QED) is 0.484. The summed E-state index contributed by atoms with van der Waals surface area (Å²) in [5.41, 5.74) is 5.80. The van der Waals surface area contributed by atoms with E-state index in [9.17, 15) is 14.4 Å². The zero-order valence-electron chi connectivity index (χ0n) is 14.0. The number of aromatic nitrogens is 4. The number of halogens is 1. The van der Waals surface area contributed by atoms with E-state index in [1.807, 2.05) is 6.92 Å². The largest absolute Gasteiger partial charge is 0.368 e. The monoisotopic (exact) mass is 389 g/mol. The summed E-state index contributed by atoms with van der Waals surface area (Å²) in [6.45, 7) is 3.53. The topological polar surface area (TPSA) is 136 Å². The van der Waals surface area contributed by atoms with Crippen LogP contribution in [0, 0.1) is 0 Å². The van der Waals surface area contributed by atoms with E-state index < -0.39 is 18.5 Å². The normalized spacial score (nSPS) is 19.1. The van der Waals surface area contributed by atoms with E-state index in [0.29, 0.717) is 17.6 Å². The Morgan fingerprint density at radius 1 is 1.44 bits per heavy atom. The maximum absolute atomic E-state index is 12.4. The van der Waals surface area contributed by atoms with E-state index in [1.165, 1.54) is 10.9 Å². The number of hydrogen-bond donors (Lipinski definition) is 3. The molecule has 0 aliphatic heterocycles. The summed E-state index contributed by atoms with van der Waals surface area (Å²) in [5.74, 6) is -0.0364. The molecule has 25 heavy (non-hydrogen) atoms. The van der Waals surface area contributed by atoms with Gasteiger partial charge in [0.2, 0.25) is 5.95 Å². The van der Waals surface area contributed by atoms with Crippen molar-refractivity contribution < 1.29 is 19.1 Å². The summed E-state index contributed by atoms with van der Waals surface area (Å²) in [6, 6.07) is 0. The Morgan fingerprint density at radius 2 is 2.12 bits per heavy atom. The fourth-order valence-electron chi connectivity index (χ4n) is 2.95. The number of rotatable bonds is 7. The fourth-order valence-corrected chi connectivity index (χ4v) is 4.23. The Bertz CT molecular complexity index is 849. The molecule has 0 saturated heterocycles. The van der Waals surface area contributed by atoms with Gasteiger partial charge in [-0.15, -0.1) is 0 Å². The summed E-state index contributed by atoms with van der Waals surface area (Å²) in [6.07, 6.45) is 3.82. The van der Waals surface area contributed by atoms with Gasteiger partial charge in [0.1, 0.15) is 5.52 Å². The highest BCUT2D eigenvalue weighted by Crippen LogP contribution is 2.59. The van der Waals surface area contributed by atoms with Crippen molar-refractivity contribution in [2.24, 2.45) is 0 Å². The number of nitrogen functional groups attached to an aromatic ring is 1. The molecule has 1 aliphatic rings. The van der Waals surface area contributed by atoms with Gasteiger partial charge in [-0.2, -0.15) is 9.97 Å². The first kappa shape index (κ1) is 18.5. The summed E-state index contributed by atoms with van der Waals surface area (Å²) >= 11 is 6.02. The lowest BCUT2D eigenvalue weighted by molar-refractivity contribution is -0.0823. The number of nitrogens with zero attached hydrogens (tertiary/aromatic N) is 4. The molecule has 1 fully saturated rings. The van der Waals surface area contributed by atoms with Crippen LogP contribution >= 0.6 is 19.2 Å². The number of fused-ring (bicyclic) bond motifs is 1. The summed E-state index contributed by atoms with van der Waals surface area (Å²) < 4.78 is 19.9. The maximum atomic E-state index is 12.4. The average Bonchev–Trinajstić information content (AvgIpc) is 3.19. The van der Waals surface area contributed by atoms with Gasteiger partial charge in [0.05, 0.1) is 18.5 Å². The molecule has 4 N–H and O–H groups in total. The van der Waals surface area contributed by atoms with Gasteiger partial charge in [-0.3, -0.25) is 4.57 Å². The van der Waals surface area contributed by atoms with Crippen molar-refractivity contribution in [3.63, 3.8) is 0 Å². The van der Waals surface area contributed by atoms with Crippen molar-refractivity contribution in [3.8, 4) is 0 Å². The number of ether oxygens (including phenoxy) is 1. The van der Waals surface area contributed by atoms with Crippen LogP contribution in [0.3, 0.4) is 0 Å². The van der Waals surface area contributed by atoms with E-state index in [-0.39, 0.29) is 24.1 Å². The van der Waals surface area contributed by atoms with Gasteiger partial charge in [-0.25, -0.2) is 4.98 Å². The van der Waals surface area contributed by atoms with Gasteiger partial charge in [-0.1, -0.05) is 25.4 Å². The third-order valence-electron chi connectivity index (χ3n) is 4.80. The Labute approximate surface area is 149 Å². The van der Waals surface area contributed by atoms with Crippen LogP contribution < -0.4 is 5.73 Å². The molecule has 3 rings (SSSR count). The first-order valence-electron chi connectivity index (χ1n) is 8.05. The highest BCUT2D eigenvalue weighted by Gasteiger charge is 2.56. The van der Waals surface area contributed by atoms with Gasteiger partial charge in [0.25, 0.3) is 0 Å². The Balaban J connectivity index is 2.05. The number of imidazole rings is 1. The van der Waals surface area contributed by atoms with E-state index in [4.69, 9.17) is 22.1 Å². The third kappa shape index (κ3) is 3.27. The van der Waals surface area contributed by atoms with E-state index in [2.05, 4.69) is 15.0 Å². The highest BCUT2D eigenvalue weighted by molar-refractivity contribution is 7.53. The Hall–Kier alpha value is -1.25. The Kier molecular flexibility index (Phi) is 4.58. The molecular formula is C14H21ClN5O4P. The lowest BCUT2D eigenvalue weighted by Gasteiger charge is -2.37. The average molecular weight is 390 g/mol. The van der Waals surface area contributed by atoms with Crippen LogP contribution in [0.15, 0.2) is 6.33 Å². The number of nitrogens with two attached hydrogens (primary N) is 1. The zero-order chi connectivity index (χ0) is 18.5. The van der Waals surface area contributed by atoms with Crippen molar-refractivity contribution in [1.82, 2.24) is 19.5 Å². The summed E-state index contributed by atoms with van der Waals surface area (Å²) in [7, 11) is -4.60. The lowest BCUT2D eigenvalue weighted by atomic mass is 10.2. The lowest BCUT2D eigenvalue weighted by Crippen LogP contribution is -2.41. The van der Waals surface area contributed by atoms with Gasteiger partial charge in [0, 0.05) is 0 Å². The molecule has 2 heterocycles. The van der Waals surface area contributed by atoms with Crippen LogP contribution in [0.25, 0.3) is 11.2 Å². The molecule has 9 nitrogen and oxygen atoms in total. The predicted molar refractivity (Wildman–Crippen MR) is 93.2 cm³/mol. The second kappa shape index (κ2) is 6.17. The Morgan fingerprint density at radius 3 is 2.64 bits per heavy atom. The maximum Gasteiger partial charge on any atom is 0.358 e. The number of anilines is 1. The summed E-state index contributed by atoms with van der Waals surface area (Å²) in [5, 5.41) is -1.58. The first-order chi connectivity index (χ1) is 11.7. The molecule has 0 bridgehead atoms. The minimum atomic E-state index is -4.60. The molecule has 1 unspecified atom stereocenters. The van der Waals surface area contributed by atoms with Crippen LogP contribution in [0.5, 0.6) is 0 Å².